The van der Waals surface area contributed by atoms with Crippen LogP contribution in [0.3, 0.4) is 0 Å². The first-order chi connectivity index (χ1) is 9.69. The summed E-state index contributed by atoms with van der Waals surface area (Å²) >= 11 is 0. The fourth-order valence-electron chi connectivity index (χ4n) is 2.79. The van der Waals surface area contributed by atoms with E-state index in [0.717, 1.165) is 30.6 Å². The molecule has 1 aromatic rings. The largest absolute Gasteiger partial charge is 0.497 e. The lowest BCUT2D eigenvalue weighted by atomic mass is 9.76. The SMILES string of the molecule is COc1ccc(C(CNCO)C2(O)C=CCCC2)cc1. The van der Waals surface area contributed by atoms with Crippen molar-refractivity contribution in [1.82, 2.24) is 5.32 Å². The van der Waals surface area contributed by atoms with Gasteiger partial charge in [0, 0.05) is 12.5 Å². The third-order valence-electron chi connectivity index (χ3n) is 3.94. The molecule has 3 N–H and O–H groups in total. The van der Waals surface area contributed by atoms with Gasteiger partial charge in [-0.05, 0) is 37.0 Å². The summed E-state index contributed by atoms with van der Waals surface area (Å²) in [7, 11) is 1.64. The van der Waals surface area contributed by atoms with Crippen LogP contribution in [0.25, 0.3) is 0 Å². The maximum Gasteiger partial charge on any atom is 0.118 e. The van der Waals surface area contributed by atoms with Gasteiger partial charge in [0.05, 0.1) is 19.4 Å². The van der Waals surface area contributed by atoms with Gasteiger partial charge >= 0.3 is 0 Å². The second-order valence-electron chi connectivity index (χ2n) is 5.22. The van der Waals surface area contributed by atoms with Crippen molar-refractivity contribution in [2.45, 2.75) is 30.8 Å². The van der Waals surface area contributed by atoms with E-state index >= 15 is 0 Å². The Morgan fingerprint density at radius 1 is 1.35 bits per heavy atom. The number of aliphatic hydroxyl groups is 2. The lowest BCUT2D eigenvalue weighted by Gasteiger charge is -2.36. The molecule has 20 heavy (non-hydrogen) atoms. The van der Waals surface area contributed by atoms with Gasteiger partial charge in [-0.2, -0.15) is 0 Å². The van der Waals surface area contributed by atoms with Gasteiger partial charge in [0.1, 0.15) is 5.75 Å². The summed E-state index contributed by atoms with van der Waals surface area (Å²) < 4.78 is 5.17. The lowest BCUT2D eigenvalue weighted by molar-refractivity contribution is 0.0430. The van der Waals surface area contributed by atoms with E-state index in [1.165, 1.54) is 0 Å². The first-order valence-electron chi connectivity index (χ1n) is 7.05. The van der Waals surface area contributed by atoms with Crippen LogP contribution in [0.5, 0.6) is 5.75 Å². The molecule has 0 amide bonds. The molecule has 0 spiro atoms. The average molecular weight is 277 g/mol. The van der Waals surface area contributed by atoms with Gasteiger partial charge in [-0.3, -0.25) is 5.32 Å². The standard InChI is InChI=1S/C16H23NO3/c1-20-14-7-5-13(6-8-14)15(11-17-12-18)16(19)9-3-2-4-10-16/h3,5-9,15,17-19H,2,4,10-12H2,1H3. The summed E-state index contributed by atoms with van der Waals surface area (Å²) in [5.41, 5.74) is 0.190. The molecule has 2 rings (SSSR count). The predicted octanol–water partition coefficient (Wildman–Crippen LogP) is 1.79. The molecular formula is C16H23NO3. The number of allylic oxidation sites excluding steroid dienone is 1. The second-order valence-corrected chi connectivity index (χ2v) is 5.22. The Kier molecular flexibility index (Phi) is 5.17. The van der Waals surface area contributed by atoms with E-state index in [0.29, 0.717) is 6.54 Å². The maximum absolute atomic E-state index is 10.9. The molecule has 0 bridgehead atoms. The molecule has 4 heteroatoms. The highest BCUT2D eigenvalue weighted by Crippen LogP contribution is 2.36. The van der Waals surface area contributed by atoms with Crippen LogP contribution in [0, 0.1) is 0 Å². The molecule has 2 unspecified atom stereocenters. The van der Waals surface area contributed by atoms with Crippen LogP contribution < -0.4 is 10.1 Å². The summed E-state index contributed by atoms with van der Waals surface area (Å²) in [6, 6.07) is 7.75. The highest BCUT2D eigenvalue weighted by molar-refractivity contribution is 5.33. The van der Waals surface area contributed by atoms with E-state index in [4.69, 9.17) is 9.84 Å². The van der Waals surface area contributed by atoms with E-state index in [2.05, 4.69) is 5.32 Å². The predicted molar refractivity (Wildman–Crippen MR) is 78.8 cm³/mol. The number of benzene rings is 1. The molecule has 0 radical (unpaired) electrons. The van der Waals surface area contributed by atoms with E-state index in [-0.39, 0.29) is 12.6 Å². The molecule has 2 atom stereocenters. The minimum atomic E-state index is -0.852. The van der Waals surface area contributed by atoms with Crippen molar-refractivity contribution < 1.29 is 14.9 Å². The number of ether oxygens (including phenoxy) is 1. The molecule has 1 aliphatic carbocycles. The van der Waals surface area contributed by atoms with Crippen LogP contribution in [0.4, 0.5) is 0 Å². The molecule has 4 nitrogen and oxygen atoms in total. The molecule has 0 aliphatic heterocycles. The summed E-state index contributed by atoms with van der Waals surface area (Å²) in [6.07, 6.45) is 6.70. The summed E-state index contributed by atoms with van der Waals surface area (Å²) in [4.78, 5) is 0. The summed E-state index contributed by atoms with van der Waals surface area (Å²) in [6.45, 7) is 0.441. The van der Waals surface area contributed by atoms with Gasteiger partial charge in [0.15, 0.2) is 0 Å². The van der Waals surface area contributed by atoms with Crippen molar-refractivity contribution in [2.24, 2.45) is 0 Å². The normalized spacial score (nSPS) is 23.6. The van der Waals surface area contributed by atoms with Crippen molar-refractivity contribution >= 4 is 0 Å². The fraction of sp³-hybridized carbons (Fsp3) is 0.500. The Balaban J connectivity index is 2.25. The van der Waals surface area contributed by atoms with Crippen LogP contribution in [0.2, 0.25) is 0 Å². The number of hydrogen-bond acceptors (Lipinski definition) is 4. The van der Waals surface area contributed by atoms with E-state index < -0.39 is 5.60 Å². The van der Waals surface area contributed by atoms with Gasteiger partial charge in [0.25, 0.3) is 0 Å². The lowest BCUT2D eigenvalue weighted by Crippen LogP contribution is -2.41. The summed E-state index contributed by atoms with van der Waals surface area (Å²) in [5.74, 6) is 0.714. The molecule has 0 saturated carbocycles. The minimum Gasteiger partial charge on any atom is -0.497 e. The highest BCUT2D eigenvalue weighted by atomic mass is 16.5. The van der Waals surface area contributed by atoms with Crippen LogP contribution in [-0.4, -0.2) is 36.2 Å². The van der Waals surface area contributed by atoms with E-state index in [1.54, 1.807) is 7.11 Å². The number of nitrogens with one attached hydrogen (secondary N) is 1. The first-order valence-corrected chi connectivity index (χ1v) is 7.05. The van der Waals surface area contributed by atoms with Crippen molar-refractivity contribution in [1.29, 1.82) is 0 Å². The monoisotopic (exact) mass is 277 g/mol. The van der Waals surface area contributed by atoms with Gasteiger partial charge in [0.2, 0.25) is 0 Å². The Bertz CT molecular complexity index is 444. The number of aliphatic hydroxyl groups excluding tert-OH is 1. The van der Waals surface area contributed by atoms with Crippen molar-refractivity contribution in [3.05, 3.63) is 42.0 Å². The molecule has 110 valence electrons. The average Bonchev–Trinajstić information content (AvgIpc) is 2.49. The Morgan fingerprint density at radius 2 is 2.10 bits per heavy atom. The van der Waals surface area contributed by atoms with Gasteiger partial charge in [-0.25, -0.2) is 0 Å². The van der Waals surface area contributed by atoms with Crippen LogP contribution in [0.15, 0.2) is 36.4 Å². The second kappa shape index (κ2) is 6.88. The van der Waals surface area contributed by atoms with Crippen molar-refractivity contribution in [3.63, 3.8) is 0 Å². The quantitative estimate of drug-likeness (QED) is 0.548. The zero-order valence-corrected chi connectivity index (χ0v) is 11.9. The zero-order chi connectivity index (χ0) is 14.4. The highest BCUT2D eigenvalue weighted by Gasteiger charge is 2.35. The van der Waals surface area contributed by atoms with Crippen LogP contribution in [0.1, 0.15) is 30.7 Å². The Labute approximate surface area is 120 Å². The van der Waals surface area contributed by atoms with Crippen LogP contribution in [-0.2, 0) is 0 Å². The molecule has 0 saturated heterocycles. The molecule has 1 aromatic carbocycles. The van der Waals surface area contributed by atoms with Gasteiger partial charge in [-0.1, -0.05) is 24.3 Å². The smallest absolute Gasteiger partial charge is 0.118 e. The number of hydrogen-bond donors (Lipinski definition) is 3. The fourth-order valence-corrected chi connectivity index (χ4v) is 2.79. The molecule has 0 fully saturated rings. The molecular weight excluding hydrogens is 254 g/mol. The first kappa shape index (κ1) is 15.0. The van der Waals surface area contributed by atoms with E-state index in [1.807, 2.05) is 36.4 Å². The van der Waals surface area contributed by atoms with Gasteiger partial charge < -0.3 is 14.9 Å². The third-order valence-corrected chi connectivity index (χ3v) is 3.94. The minimum absolute atomic E-state index is 0.0860. The molecule has 0 aromatic heterocycles. The molecule has 0 heterocycles. The summed E-state index contributed by atoms with van der Waals surface area (Å²) in [5, 5.41) is 22.8. The molecule has 1 aliphatic rings. The van der Waals surface area contributed by atoms with E-state index in [9.17, 15) is 5.11 Å². The Hall–Kier alpha value is -1.36. The zero-order valence-electron chi connectivity index (χ0n) is 11.9. The number of methoxy groups -OCH3 is 1. The van der Waals surface area contributed by atoms with Crippen LogP contribution >= 0.6 is 0 Å². The topological polar surface area (TPSA) is 61.7 Å². The van der Waals surface area contributed by atoms with Crippen molar-refractivity contribution in [3.8, 4) is 5.75 Å². The third kappa shape index (κ3) is 3.39. The maximum atomic E-state index is 10.9. The Morgan fingerprint density at radius 3 is 2.65 bits per heavy atom. The van der Waals surface area contributed by atoms with Gasteiger partial charge in [-0.15, -0.1) is 0 Å². The number of rotatable bonds is 6. The van der Waals surface area contributed by atoms with Crippen molar-refractivity contribution in [2.75, 3.05) is 20.4 Å².